The van der Waals surface area contributed by atoms with E-state index in [1.54, 1.807) is 0 Å². The predicted octanol–water partition coefficient (Wildman–Crippen LogP) is 5.62. The maximum atomic E-state index is 2.69. The summed E-state index contributed by atoms with van der Waals surface area (Å²) in [6, 6.07) is 27.2. The standard InChI is InChI=1S/C26H30BN/c1-18(2)22-15-11-16-23(19(3)4)26(22)28-20(5)24-14-9-10-17-25(24)27(28)21-12-7-6-8-13-21/h6-20H,1-5H3. The van der Waals surface area contributed by atoms with Crippen molar-refractivity contribution in [2.75, 3.05) is 4.81 Å². The number of para-hydroxylation sites is 1. The zero-order valence-corrected chi connectivity index (χ0v) is 17.7. The molecule has 0 saturated carbocycles. The molecule has 2 heteroatoms. The van der Waals surface area contributed by atoms with Crippen LogP contribution in [0.5, 0.6) is 0 Å². The molecule has 0 radical (unpaired) electrons. The van der Waals surface area contributed by atoms with Crippen LogP contribution in [0.25, 0.3) is 0 Å². The van der Waals surface area contributed by atoms with Gasteiger partial charge in [0.2, 0.25) is 0 Å². The summed E-state index contributed by atoms with van der Waals surface area (Å²) in [5.41, 5.74) is 8.59. The Kier molecular flexibility index (Phi) is 5.06. The van der Waals surface area contributed by atoms with Crippen LogP contribution < -0.4 is 15.7 Å². The van der Waals surface area contributed by atoms with Gasteiger partial charge in [-0.3, -0.25) is 0 Å². The van der Waals surface area contributed by atoms with Gasteiger partial charge in [-0.05, 0) is 40.9 Å². The van der Waals surface area contributed by atoms with E-state index < -0.39 is 0 Å². The minimum absolute atomic E-state index is 0.254. The Hall–Kier alpha value is -2.48. The molecule has 0 amide bonds. The first kappa shape index (κ1) is 18.9. The second-order valence-corrected chi connectivity index (χ2v) is 8.62. The first-order chi connectivity index (χ1) is 13.5. The van der Waals surface area contributed by atoms with Crippen LogP contribution >= 0.6 is 0 Å². The highest BCUT2D eigenvalue weighted by Gasteiger charge is 2.42. The third kappa shape index (κ3) is 3.05. The van der Waals surface area contributed by atoms with Gasteiger partial charge in [0.15, 0.2) is 0 Å². The highest BCUT2D eigenvalue weighted by atomic mass is 15.1. The number of benzene rings is 3. The molecule has 1 atom stereocenters. The van der Waals surface area contributed by atoms with Gasteiger partial charge < -0.3 is 4.81 Å². The number of anilines is 1. The van der Waals surface area contributed by atoms with Crippen LogP contribution in [0.1, 0.15) is 69.2 Å². The molecule has 0 N–H and O–H groups in total. The molecule has 0 saturated heterocycles. The molecule has 1 nitrogen and oxygen atoms in total. The lowest BCUT2D eigenvalue weighted by Gasteiger charge is -2.36. The van der Waals surface area contributed by atoms with Crippen LogP contribution in [0, 0.1) is 0 Å². The second-order valence-electron chi connectivity index (χ2n) is 8.62. The van der Waals surface area contributed by atoms with Gasteiger partial charge in [0.25, 0.3) is 0 Å². The molecule has 0 fully saturated rings. The number of hydrogen-bond acceptors (Lipinski definition) is 1. The van der Waals surface area contributed by atoms with Gasteiger partial charge in [-0.25, -0.2) is 0 Å². The van der Waals surface area contributed by atoms with Crippen molar-refractivity contribution in [2.45, 2.75) is 52.5 Å². The van der Waals surface area contributed by atoms with Gasteiger partial charge in [0.1, 0.15) is 0 Å². The summed E-state index contributed by atoms with van der Waals surface area (Å²) < 4.78 is 0. The summed E-state index contributed by atoms with van der Waals surface area (Å²) in [4.78, 5) is 2.69. The number of nitrogens with zero attached hydrogens (tertiary/aromatic N) is 1. The molecular weight excluding hydrogens is 337 g/mol. The topological polar surface area (TPSA) is 3.24 Å². The predicted molar refractivity (Wildman–Crippen MR) is 123 cm³/mol. The molecule has 0 bridgehead atoms. The summed E-state index contributed by atoms with van der Waals surface area (Å²) in [5.74, 6) is 0.974. The third-order valence-electron chi connectivity index (χ3n) is 6.15. The summed E-state index contributed by atoms with van der Waals surface area (Å²) >= 11 is 0. The fourth-order valence-corrected chi connectivity index (χ4v) is 4.77. The third-order valence-corrected chi connectivity index (χ3v) is 6.15. The minimum Gasteiger partial charge on any atom is -0.400 e. The van der Waals surface area contributed by atoms with Crippen molar-refractivity contribution in [1.29, 1.82) is 0 Å². The molecule has 1 aliphatic rings. The van der Waals surface area contributed by atoms with E-state index in [0.717, 1.165) is 0 Å². The second kappa shape index (κ2) is 7.51. The maximum absolute atomic E-state index is 2.69. The molecule has 3 aromatic rings. The van der Waals surface area contributed by atoms with Crippen LogP contribution in [-0.2, 0) is 0 Å². The van der Waals surface area contributed by atoms with Gasteiger partial charge >= 0.3 is 6.85 Å². The Labute approximate surface area is 170 Å². The number of fused-ring (bicyclic) bond motifs is 1. The Morgan fingerprint density at radius 1 is 0.714 bits per heavy atom. The summed E-state index contributed by atoms with van der Waals surface area (Å²) in [6.45, 7) is 11.9. The Morgan fingerprint density at radius 3 is 1.89 bits per heavy atom. The van der Waals surface area contributed by atoms with Crippen LogP contribution in [0.15, 0.2) is 72.8 Å². The molecule has 3 aromatic carbocycles. The van der Waals surface area contributed by atoms with Gasteiger partial charge in [-0.2, -0.15) is 0 Å². The average Bonchev–Trinajstić information content (AvgIpc) is 3.00. The zero-order chi connectivity index (χ0) is 19.8. The smallest absolute Gasteiger partial charge is 0.324 e. The van der Waals surface area contributed by atoms with Gasteiger partial charge in [0, 0.05) is 11.7 Å². The molecular formula is C26H30BN. The normalized spacial score (nSPS) is 16.2. The van der Waals surface area contributed by atoms with Crippen molar-refractivity contribution in [3.8, 4) is 0 Å². The van der Waals surface area contributed by atoms with E-state index in [1.165, 1.54) is 33.3 Å². The van der Waals surface area contributed by atoms with Crippen molar-refractivity contribution in [1.82, 2.24) is 0 Å². The summed E-state index contributed by atoms with van der Waals surface area (Å²) in [5, 5.41) is 0. The van der Waals surface area contributed by atoms with Crippen molar-refractivity contribution in [2.24, 2.45) is 0 Å². The van der Waals surface area contributed by atoms with E-state index in [1.807, 2.05) is 0 Å². The lowest BCUT2D eigenvalue weighted by Crippen LogP contribution is -2.52. The first-order valence-electron chi connectivity index (χ1n) is 10.6. The van der Waals surface area contributed by atoms with Crippen molar-refractivity contribution in [3.63, 3.8) is 0 Å². The van der Waals surface area contributed by atoms with Gasteiger partial charge in [0.05, 0.1) is 0 Å². The van der Waals surface area contributed by atoms with E-state index in [9.17, 15) is 0 Å². The number of hydrogen-bond donors (Lipinski definition) is 0. The van der Waals surface area contributed by atoms with Gasteiger partial charge in [-0.1, -0.05) is 106 Å². The van der Waals surface area contributed by atoms with E-state index in [2.05, 4.69) is 112 Å². The average molecular weight is 367 g/mol. The quantitative estimate of drug-likeness (QED) is 0.541. The number of rotatable bonds is 4. The summed E-state index contributed by atoms with van der Waals surface area (Å²) in [6.07, 6.45) is 0. The zero-order valence-electron chi connectivity index (χ0n) is 17.7. The van der Waals surface area contributed by atoms with E-state index in [4.69, 9.17) is 0 Å². The molecule has 1 unspecified atom stereocenters. The Bertz CT molecular complexity index is 935. The largest absolute Gasteiger partial charge is 0.400 e. The fraction of sp³-hybridized carbons (Fsp3) is 0.308. The van der Waals surface area contributed by atoms with Crippen molar-refractivity contribution in [3.05, 3.63) is 89.5 Å². The van der Waals surface area contributed by atoms with Crippen LogP contribution in [-0.4, -0.2) is 6.85 Å². The van der Waals surface area contributed by atoms with E-state index in [0.29, 0.717) is 17.9 Å². The SMILES string of the molecule is CC(C)c1cccc(C(C)C)c1N1B(c2ccccc2)c2ccccc2C1C. The Balaban J connectivity index is 1.99. The molecule has 1 heterocycles. The van der Waals surface area contributed by atoms with Crippen molar-refractivity contribution < 1.29 is 0 Å². The molecule has 4 rings (SSSR count). The molecule has 0 spiro atoms. The molecule has 28 heavy (non-hydrogen) atoms. The lowest BCUT2D eigenvalue weighted by atomic mass is 9.50. The van der Waals surface area contributed by atoms with E-state index >= 15 is 0 Å². The van der Waals surface area contributed by atoms with Crippen molar-refractivity contribution >= 4 is 23.5 Å². The lowest BCUT2D eigenvalue weighted by molar-refractivity contribution is 0.779. The Morgan fingerprint density at radius 2 is 1.29 bits per heavy atom. The molecule has 0 aromatic heterocycles. The molecule has 0 aliphatic carbocycles. The van der Waals surface area contributed by atoms with Crippen LogP contribution in [0.2, 0.25) is 0 Å². The highest BCUT2D eigenvalue weighted by Crippen LogP contribution is 2.41. The minimum atomic E-state index is 0.254. The first-order valence-corrected chi connectivity index (χ1v) is 10.6. The summed E-state index contributed by atoms with van der Waals surface area (Å²) in [7, 11) is 0. The fourth-order valence-electron chi connectivity index (χ4n) is 4.77. The van der Waals surface area contributed by atoms with E-state index in [-0.39, 0.29) is 6.85 Å². The highest BCUT2D eigenvalue weighted by molar-refractivity contribution is 6.89. The molecule has 1 aliphatic heterocycles. The monoisotopic (exact) mass is 367 g/mol. The van der Waals surface area contributed by atoms with Gasteiger partial charge in [-0.15, -0.1) is 0 Å². The molecule has 142 valence electrons. The van der Waals surface area contributed by atoms with Crippen LogP contribution in [0.3, 0.4) is 0 Å². The maximum Gasteiger partial charge on any atom is 0.324 e. The van der Waals surface area contributed by atoms with Crippen LogP contribution in [0.4, 0.5) is 5.69 Å².